The summed E-state index contributed by atoms with van der Waals surface area (Å²) in [5.74, 6) is -5.28. The van der Waals surface area contributed by atoms with Crippen LogP contribution in [0.5, 0.6) is 0 Å². The number of nitrogens with two attached hydrogens (primary N) is 2. The minimum Gasteiger partial charge on any atom is -0.467 e. The van der Waals surface area contributed by atoms with Crippen LogP contribution in [0.2, 0.25) is 0 Å². The number of para-hydroxylation sites is 1. The van der Waals surface area contributed by atoms with E-state index in [-0.39, 0.29) is 25.7 Å². The second-order valence-corrected chi connectivity index (χ2v) is 19.0. The van der Waals surface area contributed by atoms with Crippen molar-refractivity contribution < 1.29 is 38.3 Å². The highest BCUT2D eigenvalue weighted by molar-refractivity contribution is 5.97. The van der Waals surface area contributed by atoms with Gasteiger partial charge in [-0.3, -0.25) is 28.8 Å². The summed E-state index contributed by atoms with van der Waals surface area (Å²) >= 11 is 0. The van der Waals surface area contributed by atoms with Gasteiger partial charge in [0.2, 0.25) is 35.4 Å². The maximum atomic E-state index is 14.7. The van der Waals surface area contributed by atoms with E-state index in [0.29, 0.717) is 49.8 Å². The largest absolute Gasteiger partial charge is 0.467 e. The van der Waals surface area contributed by atoms with Gasteiger partial charge < -0.3 is 53.1 Å². The highest BCUT2D eigenvalue weighted by Crippen LogP contribution is 2.21. The Hall–Kier alpha value is -7.37. The number of aromatic nitrogens is 1. The molecule has 0 saturated carbocycles. The van der Waals surface area contributed by atoms with Gasteiger partial charge in [0.1, 0.15) is 36.3 Å². The Labute approximate surface area is 434 Å². The average molecular weight is 1010 g/mol. The monoisotopic (exact) mass is 1010 g/mol. The molecule has 0 radical (unpaired) electrons. The smallest absolute Gasteiger partial charge is 0.328 e. The number of H-pyrrole nitrogens is 1. The first-order chi connectivity index (χ1) is 35.6. The summed E-state index contributed by atoms with van der Waals surface area (Å²) < 4.78 is 5.10. The first kappa shape index (κ1) is 57.5. The van der Waals surface area contributed by atoms with Crippen molar-refractivity contribution in [2.24, 2.45) is 23.3 Å². The Morgan fingerprint density at radius 1 is 0.514 bits per heavy atom. The number of ether oxygens (including phenoxy) is 1. The lowest BCUT2D eigenvalue weighted by molar-refractivity contribution is -0.145. The van der Waals surface area contributed by atoms with E-state index in [1.54, 1.807) is 37.4 Å². The van der Waals surface area contributed by atoms with E-state index < -0.39 is 95.5 Å². The van der Waals surface area contributed by atoms with Crippen molar-refractivity contribution in [3.05, 3.63) is 144 Å². The number of rotatable bonds is 29. The molecule has 9 unspecified atom stereocenters. The topological polar surface area (TPSA) is 269 Å². The number of fused-ring (bicyclic) bond motifs is 1. The quantitative estimate of drug-likeness (QED) is 0.0245. The molecule has 5 aromatic rings. The van der Waals surface area contributed by atoms with Crippen molar-refractivity contribution in [2.75, 3.05) is 13.7 Å². The van der Waals surface area contributed by atoms with Crippen LogP contribution in [-0.2, 0) is 64.0 Å². The lowest BCUT2D eigenvalue weighted by Gasteiger charge is -2.31. The predicted molar refractivity (Wildman–Crippen MR) is 286 cm³/mol. The first-order valence-electron chi connectivity index (χ1n) is 25.7. The molecule has 0 saturated heterocycles. The lowest BCUT2D eigenvalue weighted by Crippen LogP contribution is -2.62. The normalized spacial score (nSPS) is 14.9. The highest BCUT2D eigenvalue weighted by atomic mass is 16.5. The van der Waals surface area contributed by atoms with Crippen LogP contribution < -0.4 is 43.4 Å². The maximum absolute atomic E-state index is 14.7. The van der Waals surface area contributed by atoms with Gasteiger partial charge in [-0.05, 0) is 59.5 Å². The molecule has 0 aliphatic rings. The van der Waals surface area contributed by atoms with Gasteiger partial charge in [-0.15, -0.1) is 0 Å². The first-order valence-corrected chi connectivity index (χ1v) is 25.7. The van der Waals surface area contributed by atoms with E-state index in [2.05, 4.69) is 36.9 Å². The molecular formula is C57H75N9O8. The molecule has 0 aliphatic heterocycles. The van der Waals surface area contributed by atoms with Crippen molar-refractivity contribution in [3.8, 4) is 0 Å². The van der Waals surface area contributed by atoms with Crippen LogP contribution in [0.15, 0.2) is 121 Å². The molecule has 1 heterocycles. The van der Waals surface area contributed by atoms with Gasteiger partial charge >= 0.3 is 5.97 Å². The van der Waals surface area contributed by atoms with E-state index in [1.165, 1.54) is 7.11 Å². The van der Waals surface area contributed by atoms with E-state index in [9.17, 15) is 33.6 Å². The zero-order chi connectivity index (χ0) is 53.6. The number of hydrogen-bond acceptors (Lipinski definition) is 10. The van der Waals surface area contributed by atoms with Gasteiger partial charge in [-0.2, -0.15) is 0 Å². The van der Waals surface area contributed by atoms with Crippen molar-refractivity contribution in [3.63, 3.8) is 0 Å². The highest BCUT2D eigenvalue weighted by Gasteiger charge is 2.37. The molecule has 0 spiro atoms. The third-order valence-electron chi connectivity index (χ3n) is 13.5. The van der Waals surface area contributed by atoms with Crippen molar-refractivity contribution in [1.82, 2.24) is 36.9 Å². The molecule has 9 atom stereocenters. The van der Waals surface area contributed by atoms with E-state index in [0.717, 1.165) is 22.0 Å². The number of carbonyl (C=O) groups excluding carboxylic acids is 7. The summed E-state index contributed by atoms with van der Waals surface area (Å²) in [6.45, 7) is 7.80. The third kappa shape index (κ3) is 17.1. The number of aromatic amines is 1. The number of esters is 1. The molecule has 17 heteroatoms. The van der Waals surface area contributed by atoms with E-state index >= 15 is 0 Å². The molecule has 0 bridgehead atoms. The van der Waals surface area contributed by atoms with Gasteiger partial charge in [0.05, 0.1) is 13.2 Å². The van der Waals surface area contributed by atoms with Crippen LogP contribution in [0.3, 0.4) is 0 Å². The van der Waals surface area contributed by atoms with E-state index in [4.69, 9.17) is 16.2 Å². The molecule has 11 N–H and O–H groups in total. The van der Waals surface area contributed by atoms with Gasteiger partial charge in [0.15, 0.2) is 0 Å². The fourth-order valence-electron chi connectivity index (χ4n) is 8.66. The van der Waals surface area contributed by atoms with Gasteiger partial charge in [0.25, 0.3) is 0 Å². The molecule has 0 aliphatic carbocycles. The van der Waals surface area contributed by atoms with Gasteiger partial charge in [0, 0.05) is 42.8 Å². The van der Waals surface area contributed by atoms with Crippen LogP contribution >= 0.6 is 0 Å². The zero-order valence-corrected chi connectivity index (χ0v) is 43.2. The molecule has 396 valence electrons. The van der Waals surface area contributed by atoms with Gasteiger partial charge in [-0.1, -0.05) is 156 Å². The minimum atomic E-state index is -1.26. The second-order valence-electron chi connectivity index (χ2n) is 19.0. The summed E-state index contributed by atoms with van der Waals surface area (Å²) in [5, 5.41) is 18.1. The average Bonchev–Trinajstić information content (AvgIpc) is 3.83. The predicted octanol–water partition coefficient (Wildman–Crippen LogP) is 4.07. The molecule has 6 amide bonds. The molecule has 74 heavy (non-hydrogen) atoms. The maximum Gasteiger partial charge on any atom is 0.328 e. The Kier molecular flexibility index (Phi) is 22.8. The SMILES string of the molecule is CCC(C)C(NC(=O)C(Cc1ccccc1)NC(=O)C(Cc1ccccc1)NC(=O)C(Cc1ccccc1)NC(=O)C(N)CCCCN)C(=O)NC(C(=O)NC(Cc1c[nH]c2ccccc12)C(=O)OC)C(C)CC. The number of hydrogen-bond donors (Lipinski definition) is 9. The number of amides is 6. The number of nitrogens with one attached hydrogen (secondary N) is 7. The van der Waals surface area contributed by atoms with Crippen molar-refractivity contribution >= 4 is 52.3 Å². The van der Waals surface area contributed by atoms with Crippen molar-refractivity contribution in [2.45, 2.75) is 128 Å². The summed E-state index contributed by atoms with van der Waals surface area (Å²) in [6.07, 6.45) is 4.65. The number of benzene rings is 4. The Balaban J connectivity index is 1.39. The van der Waals surface area contributed by atoms with Crippen LogP contribution in [0.4, 0.5) is 0 Å². The lowest BCUT2D eigenvalue weighted by atomic mass is 9.94. The van der Waals surface area contributed by atoms with Crippen LogP contribution in [-0.4, -0.2) is 102 Å². The van der Waals surface area contributed by atoms with Crippen LogP contribution in [0, 0.1) is 11.8 Å². The standard InChI is InChI=1S/C57H75N9O8/c1-6-36(3)49(55(71)64-48(57(73)74-5)34-41-35-60-44-29-18-17-27-42(41)44)66-56(72)50(37(4)7-2)65-54(70)47(33-40-25-15-10-16-26-40)63-53(69)46(32-39-23-13-9-14-24-39)62-52(68)45(31-38-21-11-8-12-22-38)61-51(67)43(59)28-19-20-30-58/h8-18,21-27,29,35-37,43,45-50,60H,6-7,19-20,28,30-34,58-59H2,1-5H3,(H,61,67)(H,62,68)(H,63,69)(H,64,71)(H,65,70)(H,66,72). The fourth-order valence-corrected chi connectivity index (χ4v) is 8.66. The van der Waals surface area contributed by atoms with Gasteiger partial charge in [-0.25, -0.2) is 4.79 Å². The second kappa shape index (κ2) is 29.4. The van der Waals surface area contributed by atoms with Crippen LogP contribution in [0.25, 0.3) is 10.9 Å². The molecule has 0 fully saturated rings. The summed E-state index contributed by atoms with van der Waals surface area (Å²) in [5.41, 5.74) is 15.7. The van der Waals surface area contributed by atoms with E-state index in [1.807, 2.05) is 112 Å². The Bertz CT molecular complexity index is 2600. The summed E-state index contributed by atoms with van der Waals surface area (Å²) in [4.78, 5) is 102. The molecule has 4 aromatic carbocycles. The van der Waals surface area contributed by atoms with Crippen LogP contribution in [0.1, 0.15) is 82.1 Å². The fraction of sp³-hybridized carbons (Fsp3) is 0.421. The minimum absolute atomic E-state index is 0.0112. The number of unbranched alkanes of at least 4 members (excludes halogenated alkanes) is 1. The molecule has 5 rings (SSSR count). The third-order valence-corrected chi connectivity index (χ3v) is 13.5. The molecular weight excluding hydrogens is 939 g/mol. The molecule has 1 aromatic heterocycles. The molecule has 17 nitrogen and oxygen atoms in total. The Morgan fingerprint density at radius 3 is 1.38 bits per heavy atom. The number of carbonyl (C=O) groups is 7. The summed E-state index contributed by atoms with van der Waals surface area (Å²) in [6, 6.07) is 26.9. The zero-order valence-electron chi connectivity index (χ0n) is 43.2. The summed E-state index contributed by atoms with van der Waals surface area (Å²) in [7, 11) is 1.24. The Morgan fingerprint density at radius 2 is 0.919 bits per heavy atom. The van der Waals surface area contributed by atoms with Crippen molar-refractivity contribution in [1.29, 1.82) is 0 Å². The number of methoxy groups -OCH3 is 1.